The summed E-state index contributed by atoms with van der Waals surface area (Å²) in [6.45, 7) is 9.59. The normalized spacial score (nSPS) is 21.5. The second-order valence-corrected chi connectivity index (χ2v) is 11.5. The van der Waals surface area contributed by atoms with E-state index in [0.717, 1.165) is 43.6 Å². The highest BCUT2D eigenvalue weighted by atomic mass is 35.5. The van der Waals surface area contributed by atoms with Crippen molar-refractivity contribution >= 4 is 29.2 Å². The number of carbonyl (C=O) groups is 1. The summed E-state index contributed by atoms with van der Waals surface area (Å²) in [5.74, 6) is 0.103. The summed E-state index contributed by atoms with van der Waals surface area (Å²) in [5, 5.41) is 4.54. The number of carbonyl (C=O) groups excluding carboxylic acids is 1. The summed E-state index contributed by atoms with van der Waals surface area (Å²) in [5.41, 5.74) is 0.974. The lowest BCUT2D eigenvalue weighted by Crippen LogP contribution is -2.41. The number of halogens is 3. The van der Waals surface area contributed by atoms with Crippen LogP contribution in [0.1, 0.15) is 80.4 Å². The molecule has 0 bridgehead atoms. The third-order valence-corrected chi connectivity index (χ3v) is 7.29. The van der Waals surface area contributed by atoms with E-state index in [4.69, 9.17) is 32.7 Å². The van der Waals surface area contributed by atoms with E-state index in [-0.39, 0.29) is 29.2 Å². The van der Waals surface area contributed by atoms with E-state index >= 15 is 0 Å². The molecule has 8 heteroatoms. The van der Waals surface area contributed by atoms with Gasteiger partial charge in [0.05, 0.1) is 27.9 Å². The molecule has 35 heavy (non-hydrogen) atoms. The number of esters is 1. The molecule has 1 aromatic heterocycles. The SMILES string of the molecule is CC(c1ncc(Cl)cc1Cl)C1CNCCC1COc1cc(F)c(C(=O)OC(C)(C)C)cc1C1CC1. The Kier molecular flexibility index (Phi) is 7.94. The zero-order valence-electron chi connectivity index (χ0n) is 20.7. The minimum atomic E-state index is -0.693. The first kappa shape index (κ1) is 26.2. The minimum absolute atomic E-state index is 0.0361. The van der Waals surface area contributed by atoms with Gasteiger partial charge in [0, 0.05) is 18.2 Å². The van der Waals surface area contributed by atoms with Crippen molar-refractivity contribution in [3.05, 3.63) is 57.1 Å². The van der Waals surface area contributed by atoms with E-state index in [9.17, 15) is 9.18 Å². The molecular weight excluding hydrogens is 490 g/mol. The predicted molar refractivity (Wildman–Crippen MR) is 136 cm³/mol. The Hall–Kier alpha value is -1.89. The number of hydrogen-bond acceptors (Lipinski definition) is 5. The summed E-state index contributed by atoms with van der Waals surface area (Å²) in [6.07, 6.45) is 4.56. The first-order chi connectivity index (χ1) is 16.5. The van der Waals surface area contributed by atoms with Crippen LogP contribution in [0.2, 0.25) is 10.0 Å². The molecule has 2 heterocycles. The van der Waals surface area contributed by atoms with Gasteiger partial charge >= 0.3 is 5.97 Å². The Morgan fingerprint density at radius 2 is 1.97 bits per heavy atom. The highest BCUT2D eigenvalue weighted by Gasteiger charge is 2.34. The standard InChI is InChI=1S/C27H33Cl2FN2O3/c1-15(25-22(29)9-18(28)12-32-25)21-13-31-8-7-17(21)14-34-24-11-23(30)20(10-19(24)16-5-6-16)26(33)35-27(2,3)4/h9-12,15-17,21,31H,5-8,13-14H2,1-4H3. The Morgan fingerprint density at radius 3 is 2.63 bits per heavy atom. The molecule has 0 amide bonds. The van der Waals surface area contributed by atoms with Crippen molar-refractivity contribution in [3.8, 4) is 5.75 Å². The fourth-order valence-corrected chi connectivity index (χ4v) is 5.34. The lowest BCUT2D eigenvalue weighted by atomic mass is 9.77. The smallest absolute Gasteiger partial charge is 0.341 e. The quantitative estimate of drug-likeness (QED) is 0.406. The molecule has 3 unspecified atom stereocenters. The molecule has 2 aromatic rings. The fraction of sp³-hybridized carbons (Fsp3) is 0.556. The first-order valence-corrected chi connectivity index (χ1v) is 13.0. The average molecular weight is 523 g/mol. The number of hydrogen-bond donors (Lipinski definition) is 1. The van der Waals surface area contributed by atoms with Crippen molar-refractivity contribution in [2.24, 2.45) is 11.8 Å². The van der Waals surface area contributed by atoms with Crippen LogP contribution >= 0.6 is 23.2 Å². The van der Waals surface area contributed by atoms with E-state index in [2.05, 4.69) is 17.2 Å². The van der Waals surface area contributed by atoms with Crippen LogP contribution in [0.3, 0.4) is 0 Å². The third-order valence-electron chi connectivity index (χ3n) is 6.78. The molecule has 2 aliphatic rings. The van der Waals surface area contributed by atoms with Crippen LogP contribution in [0.4, 0.5) is 4.39 Å². The van der Waals surface area contributed by atoms with Crippen LogP contribution in [0, 0.1) is 17.7 Å². The Labute approximate surface area is 216 Å². The van der Waals surface area contributed by atoms with Gasteiger partial charge in [0.2, 0.25) is 0 Å². The molecule has 1 saturated carbocycles. The summed E-state index contributed by atoms with van der Waals surface area (Å²) >= 11 is 12.5. The molecule has 0 spiro atoms. The van der Waals surface area contributed by atoms with Crippen molar-refractivity contribution < 1.29 is 18.7 Å². The van der Waals surface area contributed by atoms with E-state index in [1.165, 1.54) is 6.07 Å². The van der Waals surface area contributed by atoms with Crippen LogP contribution in [0.25, 0.3) is 0 Å². The molecule has 5 nitrogen and oxygen atoms in total. The Morgan fingerprint density at radius 1 is 1.23 bits per heavy atom. The van der Waals surface area contributed by atoms with Gasteiger partial charge in [-0.2, -0.15) is 0 Å². The van der Waals surface area contributed by atoms with E-state index in [1.807, 2.05) is 0 Å². The van der Waals surface area contributed by atoms with Crippen LogP contribution in [-0.2, 0) is 4.74 Å². The maximum absolute atomic E-state index is 15.0. The Balaban J connectivity index is 1.52. The minimum Gasteiger partial charge on any atom is -0.493 e. The number of rotatable bonds is 7. The maximum Gasteiger partial charge on any atom is 0.341 e. The van der Waals surface area contributed by atoms with E-state index in [1.54, 1.807) is 39.1 Å². The molecule has 1 aliphatic heterocycles. The number of nitrogens with one attached hydrogen (secondary N) is 1. The molecule has 2 fully saturated rings. The van der Waals surface area contributed by atoms with Gasteiger partial charge in [-0.25, -0.2) is 9.18 Å². The molecule has 3 atom stereocenters. The van der Waals surface area contributed by atoms with Gasteiger partial charge in [-0.05, 0) is 88.6 Å². The second kappa shape index (κ2) is 10.6. The predicted octanol–water partition coefficient (Wildman–Crippen LogP) is 6.77. The Bertz CT molecular complexity index is 1080. The molecule has 1 saturated heterocycles. The molecule has 1 aliphatic carbocycles. The van der Waals surface area contributed by atoms with Gasteiger partial charge in [0.1, 0.15) is 17.2 Å². The highest BCUT2D eigenvalue weighted by Crippen LogP contribution is 2.46. The van der Waals surface area contributed by atoms with Crippen LogP contribution < -0.4 is 10.1 Å². The number of piperidine rings is 1. The van der Waals surface area contributed by atoms with Crippen molar-refractivity contribution in [1.29, 1.82) is 0 Å². The monoisotopic (exact) mass is 522 g/mol. The van der Waals surface area contributed by atoms with E-state index in [0.29, 0.717) is 22.4 Å². The van der Waals surface area contributed by atoms with Crippen molar-refractivity contribution in [2.45, 2.75) is 64.4 Å². The highest BCUT2D eigenvalue weighted by molar-refractivity contribution is 6.34. The number of pyridine rings is 1. The largest absolute Gasteiger partial charge is 0.493 e. The first-order valence-electron chi connectivity index (χ1n) is 12.2. The molecular formula is C27H33Cl2FN2O3. The molecule has 4 rings (SSSR count). The number of benzene rings is 1. The summed E-state index contributed by atoms with van der Waals surface area (Å²) in [7, 11) is 0. The summed E-state index contributed by atoms with van der Waals surface area (Å²) < 4.78 is 26.7. The van der Waals surface area contributed by atoms with Crippen LogP contribution in [0.5, 0.6) is 5.75 Å². The number of aromatic nitrogens is 1. The van der Waals surface area contributed by atoms with Gasteiger partial charge < -0.3 is 14.8 Å². The topological polar surface area (TPSA) is 60.5 Å². The molecule has 1 aromatic carbocycles. The van der Waals surface area contributed by atoms with Gasteiger partial charge in [-0.3, -0.25) is 4.98 Å². The molecule has 0 radical (unpaired) electrons. The average Bonchev–Trinajstić information content (AvgIpc) is 3.61. The van der Waals surface area contributed by atoms with Crippen molar-refractivity contribution in [1.82, 2.24) is 10.3 Å². The summed E-state index contributed by atoms with van der Waals surface area (Å²) in [4.78, 5) is 17.0. The maximum atomic E-state index is 15.0. The van der Waals surface area contributed by atoms with Gasteiger partial charge in [0.15, 0.2) is 0 Å². The fourth-order valence-electron chi connectivity index (χ4n) is 4.79. The van der Waals surface area contributed by atoms with Gasteiger partial charge in [-0.15, -0.1) is 0 Å². The lowest BCUT2D eigenvalue weighted by Gasteiger charge is -2.36. The number of ether oxygens (including phenoxy) is 2. The van der Waals surface area contributed by atoms with Gasteiger partial charge in [-0.1, -0.05) is 30.1 Å². The van der Waals surface area contributed by atoms with Crippen molar-refractivity contribution in [3.63, 3.8) is 0 Å². The summed E-state index contributed by atoms with van der Waals surface area (Å²) in [6, 6.07) is 4.70. The number of nitrogens with zero attached hydrogens (tertiary/aromatic N) is 1. The third kappa shape index (κ3) is 6.46. The van der Waals surface area contributed by atoms with Crippen molar-refractivity contribution in [2.75, 3.05) is 19.7 Å². The van der Waals surface area contributed by atoms with Crippen LogP contribution in [-0.4, -0.2) is 36.3 Å². The van der Waals surface area contributed by atoms with Crippen LogP contribution in [0.15, 0.2) is 24.4 Å². The second-order valence-electron chi connectivity index (χ2n) is 10.7. The zero-order valence-corrected chi connectivity index (χ0v) is 22.2. The van der Waals surface area contributed by atoms with Gasteiger partial charge in [0.25, 0.3) is 0 Å². The zero-order chi connectivity index (χ0) is 25.3. The van der Waals surface area contributed by atoms with E-state index < -0.39 is 17.4 Å². The molecule has 1 N–H and O–H groups in total. The lowest BCUT2D eigenvalue weighted by molar-refractivity contribution is 0.00645. The molecule has 190 valence electrons.